The summed E-state index contributed by atoms with van der Waals surface area (Å²) in [5, 5.41) is 0. The predicted octanol–water partition coefficient (Wildman–Crippen LogP) is 2.30. The van der Waals surface area contributed by atoms with Crippen LogP contribution >= 0.6 is 0 Å². The lowest BCUT2D eigenvalue weighted by atomic mass is 10.3. The first-order chi connectivity index (χ1) is 12.2. The Morgan fingerprint density at radius 1 is 1.00 bits per heavy atom. The summed E-state index contributed by atoms with van der Waals surface area (Å²) < 4.78 is 11.2. The fourth-order valence-electron chi connectivity index (χ4n) is 3.08. The Labute approximate surface area is 149 Å². The number of piperazine rings is 1. The third-order valence-electron chi connectivity index (χ3n) is 4.38. The quantitative estimate of drug-likeness (QED) is 0.803. The lowest BCUT2D eigenvalue weighted by Gasteiger charge is -2.35. The Bertz CT molecular complexity index is 679. The van der Waals surface area contributed by atoms with E-state index in [1.54, 1.807) is 7.11 Å². The van der Waals surface area contributed by atoms with E-state index in [-0.39, 0.29) is 0 Å². The van der Waals surface area contributed by atoms with Gasteiger partial charge in [0.15, 0.2) is 11.5 Å². The minimum Gasteiger partial charge on any atom is -0.493 e. The van der Waals surface area contributed by atoms with Gasteiger partial charge < -0.3 is 14.4 Å². The van der Waals surface area contributed by atoms with E-state index in [2.05, 4.69) is 25.8 Å². The first-order valence-corrected chi connectivity index (χ1v) is 8.71. The predicted molar refractivity (Wildman–Crippen MR) is 98.6 cm³/mol. The van der Waals surface area contributed by atoms with Crippen molar-refractivity contribution in [1.29, 1.82) is 0 Å². The Hall–Kier alpha value is -2.34. The van der Waals surface area contributed by atoms with Crippen molar-refractivity contribution < 1.29 is 9.47 Å². The molecule has 25 heavy (non-hydrogen) atoms. The van der Waals surface area contributed by atoms with Gasteiger partial charge >= 0.3 is 0 Å². The van der Waals surface area contributed by atoms with Gasteiger partial charge in [0.25, 0.3) is 0 Å². The Kier molecular flexibility index (Phi) is 5.71. The fraction of sp³-hybridized carbons (Fsp3) is 0.474. The Morgan fingerprint density at radius 2 is 1.72 bits per heavy atom. The van der Waals surface area contributed by atoms with Crippen LogP contribution in [0.1, 0.15) is 11.5 Å². The van der Waals surface area contributed by atoms with Gasteiger partial charge in [0.2, 0.25) is 0 Å². The molecule has 2 aromatic rings. The summed E-state index contributed by atoms with van der Waals surface area (Å²) in [6.45, 7) is 9.51. The molecule has 0 saturated carbocycles. The summed E-state index contributed by atoms with van der Waals surface area (Å²) >= 11 is 0. The van der Waals surface area contributed by atoms with Crippen LogP contribution < -0.4 is 14.4 Å². The number of methoxy groups -OCH3 is 1. The number of nitrogens with zero attached hydrogens (tertiary/aromatic N) is 4. The molecule has 1 aromatic heterocycles. The molecule has 1 saturated heterocycles. The summed E-state index contributed by atoms with van der Waals surface area (Å²) in [4.78, 5) is 13.7. The Morgan fingerprint density at radius 3 is 2.40 bits per heavy atom. The number of hydrogen-bond acceptors (Lipinski definition) is 6. The minimum absolute atomic E-state index is 0.659. The van der Waals surface area contributed by atoms with Gasteiger partial charge in [0, 0.05) is 44.5 Å². The molecule has 0 bridgehead atoms. The first kappa shape index (κ1) is 17.5. The van der Waals surface area contributed by atoms with E-state index in [0.29, 0.717) is 6.61 Å². The van der Waals surface area contributed by atoms with E-state index in [4.69, 9.17) is 9.47 Å². The molecule has 0 unspecified atom stereocenters. The molecule has 0 radical (unpaired) electrons. The number of rotatable bonds is 6. The molecule has 0 amide bonds. The molecule has 0 aliphatic carbocycles. The minimum atomic E-state index is 0.659. The number of para-hydroxylation sites is 2. The SMILES string of the molecule is COc1ccccc1OCCN1CCN(c2cc(C)nc(C)n2)CC1. The third kappa shape index (κ3) is 4.60. The van der Waals surface area contributed by atoms with Crippen LogP contribution in [0.3, 0.4) is 0 Å². The number of hydrogen-bond donors (Lipinski definition) is 0. The number of aromatic nitrogens is 2. The lowest BCUT2D eigenvalue weighted by Crippen LogP contribution is -2.47. The maximum atomic E-state index is 5.87. The van der Waals surface area contributed by atoms with E-state index in [0.717, 1.165) is 61.6 Å². The average Bonchev–Trinajstić information content (AvgIpc) is 2.62. The van der Waals surface area contributed by atoms with Crippen molar-refractivity contribution in [1.82, 2.24) is 14.9 Å². The molecule has 0 atom stereocenters. The largest absolute Gasteiger partial charge is 0.493 e. The molecule has 134 valence electrons. The molecular weight excluding hydrogens is 316 g/mol. The summed E-state index contributed by atoms with van der Waals surface area (Å²) in [5.74, 6) is 3.45. The molecule has 6 nitrogen and oxygen atoms in total. The van der Waals surface area contributed by atoms with Crippen LogP contribution in [0.4, 0.5) is 5.82 Å². The molecule has 0 spiro atoms. The summed E-state index contributed by atoms with van der Waals surface area (Å²) in [7, 11) is 1.66. The zero-order chi connectivity index (χ0) is 17.6. The van der Waals surface area contributed by atoms with Gasteiger partial charge in [0.1, 0.15) is 18.2 Å². The molecule has 0 N–H and O–H groups in total. The van der Waals surface area contributed by atoms with E-state index in [9.17, 15) is 0 Å². The molecule has 1 fully saturated rings. The number of anilines is 1. The molecule has 1 aliphatic rings. The van der Waals surface area contributed by atoms with Crippen LogP contribution in [-0.4, -0.2) is 61.3 Å². The van der Waals surface area contributed by atoms with Crippen LogP contribution in [0.2, 0.25) is 0 Å². The van der Waals surface area contributed by atoms with Crippen molar-refractivity contribution in [2.24, 2.45) is 0 Å². The van der Waals surface area contributed by atoms with Crippen LogP contribution in [0.15, 0.2) is 30.3 Å². The summed E-state index contributed by atoms with van der Waals surface area (Å²) in [5.41, 5.74) is 1.02. The van der Waals surface area contributed by atoms with Crippen molar-refractivity contribution in [3.05, 3.63) is 41.9 Å². The number of ether oxygens (including phenoxy) is 2. The van der Waals surface area contributed by atoms with Crippen molar-refractivity contribution in [2.45, 2.75) is 13.8 Å². The van der Waals surface area contributed by atoms with Crippen molar-refractivity contribution >= 4 is 5.82 Å². The highest BCUT2D eigenvalue weighted by molar-refractivity contribution is 5.40. The van der Waals surface area contributed by atoms with Crippen LogP contribution in [0.5, 0.6) is 11.5 Å². The second-order valence-corrected chi connectivity index (χ2v) is 6.24. The Balaban J connectivity index is 1.46. The highest BCUT2D eigenvalue weighted by atomic mass is 16.5. The topological polar surface area (TPSA) is 50.7 Å². The van der Waals surface area contributed by atoms with E-state index < -0.39 is 0 Å². The highest BCUT2D eigenvalue weighted by Crippen LogP contribution is 2.25. The zero-order valence-corrected chi connectivity index (χ0v) is 15.2. The maximum Gasteiger partial charge on any atom is 0.161 e. The van der Waals surface area contributed by atoms with Crippen LogP contribution in [0, 0.1) is 13.8 Å². The fourth-order valence-corrected chi connectivity index (χ4v) is 3.08. The van der Waals surface area contributed by atoms with Gasteiger partial charge in [-0.1, -0.05) is 12.1 Å². The van der Waals surface area contributed by atoms with E-state index in [1.807, 2.05) is 38.1 Å². The molecule has 3 rings (SSSR count). The maximum absolute atomic E-state index is 5.87. The molecule has 2 heterocycles. The third-order valence-corrected chi connectivity index (χ3v) is 4.38. The highest BCUT2D eigenvalue weighted by Gasteiger charge is 2.18. The molecule has 1 aromatic carbocycles. The molecular formula is C19H26N4O2. The van der Waals surface area contributed by atoms with Crippen molar-refractivity contribution in [3.63, 3.8) is 0 Å². The van der Waals surface area contributed by atoms with Gasteiger partial charge in [-0.25, -0.2) is 9.97 Å². The van der Waals surface area contributed by atoms with E-state index >= 15 is 0 Å². The smallest absolute Gasteiger partial charge is 0.161 e. The van der Waals surface area contributed by atoms with Crippen LogP contribution in [0.25, 0.3) is 0 Å². The first-order valence-electron chi connectivity index (χ1n) is 8.71. The zero-order valence-electron chi connectivity index (χ0n) is 15.2. The van der Waals surface area contributed by atoms with Gasteiger partial charge in [-0.2, -0.15) is 0 Å². The second-order valence-electron chi connectivity index (χ2n) is 6.24. The van der Waals surface area contributed by atoms with E-state index in [1.165, 1.54) is 0 Å². The van der Waals surface area contributed by atoms with Crippen LogP contribution in [-0.2, 0) is 0 Å². The summed E-state index contributed by atoms with van der Waals surface area (Å²) in [6.07, 6.45) is 0. The number of aryl methyl sites for hydroxylation is 2. The van der Waals surface area contributed by atoms with Gasteiger partial charge in [-0.15, -0.1) is 0 Å². The number of benzene rings is 1. The van der Waals surface area contributed by atoms with Gasteiger partial charge in [0.05, 0.1) is 7.11 Å². The molecule has 6 heteroatoms. The summed E-state index contributed by atoms with van der Waals surface area (Å²) in [6, 6.07) is 9.83. The monoisotopic (exact) mass is 342 g/mol. The van der Waals surface area contributed by atoms with Gasteiger partial charge in [-0.05, 0) is 26.0 Å². The second kappa shape index (κ2) is 8.16. The lowest BCUT2D eigenvalue weighted by molar-refractivity contribution is 0.196. The molecule has 1 aliphatic heterocycles. The van der Waals surface area contributed by atoms with Crippen molar-refractivity contribution in [3.8, 4) is 11.5 Å². The average molecular weight is 342 g/mol. The standard InChI is InChI=1S/C19H26N4O2/c1-15-14-19(21-16(2)20-15)23-10-8-22(9-11-23)12-13-25-18-7-5-4-6-17(18)24-3/h4-7,14H,8-13H2,1-3H3. The van der Waals surface area contributed by atoms with Gasteiger partial charge in [-0.3, -0.25) is 4.90 Å². The van der Waals surface area contributed by atoms with Crippen molar-refractivity contribution in [2.75, 3.05) is 51.3 Å². The normalized spacial score (nSPS) is 15.2.